The molecule has 0 aromatic rings. The first-order valence-corrected chi connectivity index (χ1v) is 0. The van der Waals surface area contributed by atoms with Gasteiger partial charge in [0.25, 0.3) is 0 Å². The molecule has 0 amide bonds. The second-order valence-corrected chi connectivity index (χ2v) is 0. The maximum absolute atomic E-state index is 0. The minimum absolute atomic E-state index is 0. The molecule has 0 heterocycles. The van der Waals surface area contributed by atoms with Crippen LogP contribution in [0.25, 0.3) is 0 Å². The maximum Gasteiger partial charge on any atom is 2.00 e. The van der Waals surface area contributed by atoms with Crippen molar-refractivity contribution in [2.75, 3.05) is 0 Å². The van der Waals surface area contributed by atoms with Gasteiger partial charge >= 0.3 is 132 Å². The average Bonchev–Trinajstić information content (AvgIpc) is 0. The van der Waals surface area contributed by atoms with E-state index in [9.17, 15) is 0 Å². The molecule has 0 spiro atoms. The van der Waals surface area contributed by atoms with Crippen LogP contribution in [0, 0.1) is 0 Å². The van der Waals surface area contributed by atoms with Crippen molar-refractivity contribution in [3.63, 3.8) is 0 Å². The van der Waals surface area contributed by atoms with E-state index >= 15 is 0 Å². The molecule has 0 nitrogen and oxygen atoms in total. The summed E-state index contributed by atoms with van der Waals surface area (Å²) < 4.78 is 0. The first kappa shape index (κ1) is 23.6. The van der Waals surface area contributed by atoms with E-state index in [0.29, 0.717) is 0 Å². The van der Waals surface area contributed by atoms with Gasteiger partial charge < -0.3 is 8.56 Å². The zero-order valence-electron chi connectivity index (χ0n) is 8.12. The molecule has 0 rings (SSSR count). The van der Waals surface area contributed by atoms with Crippen molar-refractivity contribution in [3.05, 3.63) is 0 Å². The summed E-state index contributed by atoms with van der Waals surface area (Å²) in [6.45, 7) is 0. The molecule has 0 fully saturated rings. The van der Waals surface area contributed by atoms with Crippen LogP contribution in [0.2, 0.25) is 0 Å². The molecule has 0 atom stereocenters. The largest absolute Gasteiger partial charge is 2.00 e. The van der Waals surface area contributed by atoms with Crippen LogP contribution < -0.4 is 0 Å². The van der Waals surface area contributed by atoms with Crippen molar-refractivity contribution >= 4 is 143 Å². The van der Waals surface area contributed by atoms with Crippen LogP contribution in [-0.2, 0) is 0 Å². The van der Waals surface area contributed by atoms with Crippen molar-refractivity contribution in [1.82, 2.24) is 0 Å². The third kappa shape index (κ3) is 9.73. The van der Waals surface area contributed by atoms with Gasteiger partial charge in [0.2, 0.25) is 0 Å². The Morgan fingerprint density at radius 3 is 1.25 bits per heavy atom. The zero-order chi connectivity index (χ0) is 0. The molecule has 0 N–H and O–H groups in total. The Labute approximate surface area is 147 Å². The van der Waals surface area contributed by atoms with E-state index in [4.69, 9.17) is 0 Å². The third-order valence-electron chi connectivity index (χ3n) is 0. The molecular weight excluding hydrogens is 293 g/mol. The predicted octanol–water partition coefficient (Wildman–Crippen LogP) is -1.92. The summed E-state index contributed by atoms with van der Waals surface area (Å²) in [7, 11) is 0. The van der Waals surface area contributed by atoms with Gasteiger partial charge in [-0.2, -0.15) is 0 Å². The standard InChI is InChI=1S/Ba.Ca.H4Si.Sr.6H/h;;1H4;;;;;;;/q2*+2;;+2;6*-1. The van der Waals surface area contributed by atoms with E-state index < -0.39 is 0 Å². The first-order chi connectivity index (χ1) is 0. The molecule has 0 aliphatic carbocycles. The van der Waals surface area contributed by atoms with Gasteiger partial charge in [-0.05, 0) is 11.0 Å². The monoisotopic (exact) mass is 304 g/mol. The van der Waals surface area contributed by atoms with Gasteiger partial charge in [0.05, 0.1) is 0 Å². The minimum Gasteiger partial charge on any atom is -1.00 e. The molecule has 4 heavy (non-hydrogen) atoms. The molecule has 0 radical (unpaired) electrons. The predicted molar refractivity (Wildman–Crippen MR) is 35.3 cm³/mol. The van der Waals surface area contributed by atoms with Gasteiger partial charge in [0.15, 0.2) is 0 Å². The molecule has 4 heteroatoms. The topological polar surface area (TPSA) is 0 Å². The van der Waals surface area contributed by atoms with Gasteiger partial charge in [0.1, 0.15) is 0 Å². The molecule has 0 saturated carbocycles. The van der Waals surface area contributed by atoms with E-state index in [1.54, 1.807) is 0 Å². The van der Waals surface area contributed by atoms with E-state index in [0.717, 1.165) is 0 Å². The molecule has 0 saturated heterocycles. The fourth-order valence-electron chi connectivity index (χ4n) is 0. The number of rotatable bonds is 0. The van der Waals surface area contributed by atoms with Crippen LogP contribution >= 0.6 is 0 Å². The Morgan fingerprint density at radius 1 is 1.25 bits per heavy atom. The van der Waals surface area contributed by atoms with Gasteiger partial charge in [-0.25, -0.2) is 0 Å². The molecular formula is H10BaCaSiSr. The van der Waals surface area contributed by atoms with Crippen LogP contribution in [0.3, 0.4) is 0 Å². The Morgan fingerprint density at radius 2 is 1.25 bits per heavy atom. The van der Waals surface area contributed by atoms with Crippen LogP contribution in [0.1, 0.15) is 8.56 Å². The zero-order valence-corrected chi connectivity index (χ0v) is 12.2. The quantitative estimate of drug-likeness (QED) is 0.458. The van der Waals surface area contributed by atoms with E-state index in [1.807, 2.05) is 0 Å². The van der Waals surface area contributed by atoms with Crippen molar-refractivity contribution < 1.29 is 8.56 Å². The summed E-state index contributed by atoms with van der Waals surface area (Å²) in [4.78, 5) is 0. The Hall–Kier alpha value is 4.53. The summed E-state index contributed by atoms with van der Waals surface area (Å²) in [5, 5.41) is 0. The minimum atomic E-state index is 0. The van der Waals surface area contributed by atoms with Gasteiger partial charge in [-0.3, -0.25) is 0 Å². The molecule has 0 aromatic heterocycles. The SMILES string of the molecule is [Ba+2].[Ca+2].[H-].[H-].[H-].[H-].[H-].[H-].[SiH4].[Sr+2]. The molecule has 0 aromatic carbocycles. The summed E-state index contributed by atoms with van der Waals surface area (Å²) >= 11 is 0. The van der Waals surface area contributed by atoms with E-state index in [2.05, 4.69) is 0 Å². The summed E-state index contributed by atoms with van der Waals surface area (Å²) in [6.07, 6.45) is 0. The second kappa shape index (κ2) is 15.6. The Bertz CT molecular complexity index is 17.7. The van der Waals surface area contributed by atoms with Crippen LogP contribution in [0.4, 0.5) is 0 Å². The summed E-state index contributed by atoms with van der Waals surface area (Å²) in [6, 6.07) is 0. The molecule has 20 valence electrons. The van der Waals surface area contributed by atoms with Gasteiger partial charge in [-0.15, -0.1) is 0 Å². The number of hydrogen-bond donors (Lipinski definition) is 0. The fraction of sp³-hybridized carbons (Fsp3) is 0. The van der Waals surface area contributed by atoms with Crippen molar-refractivity contribution in [3.8, 4) is 0 Å². The summed E-state index contributed by atoms with van der Waals surface area (Å²) in [5.74, 6) is 0. The molecule has 0 aliphatic rings. The van der Waals surface area contributed by atoms with Crippen molar-refractivity contribution in [2.24, 2.45) is 0 Å². The third-order valence-corrected chi connectivity index (χ3v) is 0. The normalized spacial score (nSPS) is 0. The number of hydrogen-bond acceptors (Lipinski definition) is 0. The van der Waals surface area contributed by atoms with Crippen molar-refractivity contribution in [1.29, 1.82) is 0 Å². The molecule has 0 bridgehead atoms. The van der Waals surface area contributed by atoms with Crippen LogP contribution in [0.15, 0.2) is 0 Å². The summed E-state index contributed by atoms with van der Waals surface area (Å²) in [5.41, 5.74) is 0. The van der Waals surface area contributed by atoms with Gasteiger partial charge in [-0.1, -0.05) is 0 Å². The van der Waals surface area contributed by atoms with E-state index in [1.165, 1.54) is 0 Å². The Kier molecular flexibility index (Phi) is 92.2. The van der Waals surface area contributed by atoms with Gasteiger partial charge in [0, 0.05) is 0 Å². The van der Waals surface area contributed by atoms with E-state index in [-0.39, 0.29) is 152 Å². The average molecular weight is 303 g/mol. The van der Waals surface area contributed by atoms with Crippen LogP contribution in [0.5, 0.6) is 0 Å². The molecule has 0 aliphatic heterocycles. The smallest absolute Gasteiger partial charge is 1.00 e. The molecule has 0 unspecified atom stereocenters. The van der Waals surface area contributed by atoms with Crippen LogP contribution in [-0.4, -0.2) is 143 Å². The van der Waals surface area contributed by atoms with Crippen molar-refractivity contribution in [2.45, 2.75) is 0 Å². The maximum atomic E-state index is 0. The fourth-order valence-corrected chi connectivity index (χ4v) is 0. The second-order valence-electron chi connectivity index (χ2n) is 0. The first-order valence-electron chi connectivity index (χ1n) is 0. The Balaban J connectivity index is 0.